The summed E-state index contributed by atoms with van der Waals surface area (Å²) >= 11 is 0. The molecule has 4 heteroatoms. The summed E-state index contributed by atoms with van der Waals surface area (Å²) in [4.78, 5) is 22.6. The molecule has 0 aromatic rings. The number of allylic oxidation sites excluding steroid dienone is 2. The Morgan fingerprint density at radius 3 is 2.64 bits per heavy atom. The van der Waals surface area contributed by atoms with E-state index in [9.17, 15) is 14.7 Å². The molecular weight excluding hydrogens is 316 g/mol. The fourth-order valence-electron chi connectivity index (χ4n) is 3.42. The Hall–Kier alpha value is -1.42. The van der Waals surface area contributed by atoms with Gasteiger partial charge in [-0.05, 0) is 44.9 Å². The van der Waals surface area contributed by atoms with Crippen LogP contribution in [0.15, 0.2) is 24.3 Å². The smallest absolute Gasteiger partial charge is 0.303 e. The van der Waals surface area contributed by atoms with Crippen LogP contribution in [0, 0.1) is 11.8 Å². The number of carboxylic acid groups (broad SMARTS) is 1. The van der Waals surface area contributed by atoms with Crippen LogP contribution in [0.2, 0.25) is 0 Å². The average molecular weight is 350 g/mol. The monoisotopic (exact) mass is 350 g/mol. The molecule has 2 N–H and O–H groups in total. The summed E-state index contributed by atoms with van der Waals surface area (Å²) in [5.74, 6) is -0.103. The van der Waals surface area contributed by atoms with Gasteiger partial charge in [-0.2, -0.15) is 0 Å². The van der Waals surface area contributed by atoms with Crippen LogP contribution in [0.5, 0.6) is 0 Å². The maximum atomic E-state index is 12.1. The second-order valence-corrected chi connectivity index (χ2v) is 7.42. The molecule has 0 spiro atoms. The summed E-state index contributed by atoms with van der Waals surface area (Å²) in [5, 5.41) is 19.0. The van der Waals surface area contributed by atoms with Crippen LogP contribution in [-0.4, -0.2) is 27.6 Å². The minimum absolute atomic E-state index is 0.0673. The van der Waals surface area contributed by atoms with Crippen molar-refractivity contribution in [3.05, 3.63) is 24.3 Å². The standard InChI is InChI=1S/C21H34O4/c1-3-4-9-15-21(2,25)16-14-17-12-13-19(22)18(17)10-7-5-6-8-11-20(23)24/h4,9,14,16-18,25H,3,5-8,10-13,15H2,1-2H3,(H,23,24)/b9-4-,16-14+/t17-,18-,21?/m1/s1. The molecule has 1 rings (SSSR count). The van der Waals surface area contributed by atoms with Crippen LogP contribution in [0.4, 0.5) is 0 Å². The van der Waals surface area contributed by atoms with Crippen molar-refractivity contribution < 1.29 is 19.8 Å². The number of aliphatic carboxylic acids is 1. The maximum Gasteiger partial charge on any atom is 0.303 e. The predicted octanol–water partition coefficient (Wildman–Crippen LogP) is 4.67. The largest absolute Gasteiger partial charge is 0.481 e. The van der Waals surface area contributed by atoms with Gasteiger partial charge in [0.2, 0.25) is 0 Å². The zero-order valence-electron chi connectivity index (χ0n) is 15.7. The van der Waals surface area contributed by atoms with E-state index in [4.69, 9.17) is 5.11 Å². The normalized spacial score (nSPS) is 23.6. The molecule has 0 saturated heterocycles. The molecule has 3 atom stereocenters. The van der Waals surface area contributed by atoms with E-state index in [0.717, 1.165) is 38.5 Å². The molecule has 0 aliphatic heterocycles. The number of carbonyl (C=O) groups is 2. The van der Waals surface area contributed by atoms with Crippen LogP contribution in [-0.2, 0) is 9.59 Å². The van der Waals surface area contributed by atoms with Crippen molar-refractivity contribution in [1.82, 2.24) is 0 Å². The summed E-state index contributed by atoms with van der Waals surface area (Å²) in [6, 6.07) is 0. The number of hydrogen-bond donors (Lipinski definition) is 2. The van der Waals surface area contributed by atoms with Gasteiger partial charge in [0.15, 0.2) is 0 Å². The molecule has 0 radical (unpaired) electrons. The van der Waals surface area contributed by atoms with Gasteiger partial charge in [-0.1, -0.05) is 50.5 Å². The molecular formula is C21H34O4. The van der Waals surface area contributed by atoms with E-state index in [-0.39, 0.29) is 18.3 Å². The first-order chi connectivity index (χ1) is 11.9. The van der Waals surface area contributed by atoms with Gasteiger partial charge in [0.05, 0.1) is 5.60 Å². The predicted molar refractivity (Wildman–Crippen MR) is 100 cm³/mol. The number of unbranched alkanes of at least 4 members (excludes halogenated alkanes) is 3. The van der Waals surface area contributed by atoms with E-state index in [0.29, 0.717) is 25.0 Å². The van der Waals surface area contributed by atoms with Crippen molar-refractivity contribution in [2.24, 2.45) is 11.8 Å². The van der Waals surface area contributed by atoms with Crippen molar-refractivity contribution in [2.45, 2.75) is 83.7 Å². The first-order valence-electron chi connectivity index (χ1n) is 9.67. The van der Waals surface area contributed by atoms with Crippen molar-refractivity contribution in [1.29, 1.82) is 0 Å². The summed E-state index contributed by atoms with van der Waals surface area (Å²) in [7, 11) is 0. The highest BCUT2D eigenvalue weighted by Crippen LogP contribution is 2.34. The van der Waals surface area contributed by atoms with E-state index in [1.165, 1.54) is 0 Å². The summed E-state index contributed by atoms with van der Waals surface area (Å²) in [6.45, 7) is 3.87. The van der Waals surface area contributed by atoms with Crippen LogP contribution in [0.1, 0.15) is 78.1 Å². The van der Waals surface area contributed by atoms with E-state index in [1.807, 2.05) is 18.2 Å². The average Bonchev–Trinajstić information content (AvgIpc) is 2.89. The number of ketones is 1. The first kappa shape index (κ1) is 21.6. The molecule has 25 heavy (non-hydrogen) atoms. The Labute approximate surface area is 152 Å². The third-order valence-corrected chi connectivity index (χ3v) is 4.95. The Morgan fingerprint density at radius 1 is 1.24 bits per heavy atom. The van der Waals surface area contributed by atoms with E-state index in [1.54, 1.807) is 6.92 Å². The zero-order chi connectivity index (χ0) is 18.7. The summed E-state index contributed by atoms with van der Waals surface area (Å²) in [5.41, 5.74) is -0.862. The molecule has 1 unspecified atom stereocenters. The number of aliphatic hydroxyl groups is 1. The molecule has 0 amide bonds. The Balaban J connectivity index is 2.42. The van der Waals surface area contributed by atoms with Gasteiger partial charge in [0.25, 0.3) is 0 Å². The molecule has 142 valence electrons. The summed E-state index contributed by atoms with van der Waals surface area (Å²) < 4.78 is 0. The van der Waals surface area contributed by atoms with Gasteiger partial charge in [-0.15, -0.1) is 0 Å². The van der Waals surface area contributed by atoms with E-state index >= 15 is 0 Å². The summed E-state index contributed by atoms with van der Waals surface area (Å²) in [6.07, 6.45) is 15.7. The topological polar surface area (TPSA) is 74.6 Å². The second-order valence-electron chi connectivity index (χ2n) is 7.42. The third-order valence-electron chi connectivity index (χ3n) is 4.95. The van der Waals surface area contributed by atoms with Crippen molar-refractivity contribution in [3.63, 3.8) is 0 Å². The number of carboxylic acids is 1. The van der Waals surface area contributed by atoms with Crippen LogP contribution >= 0.6 is 0 Å². The maximum absolute atomic E-state index is 12.1. The molecule has 0 aromatic carbocycles. The highest BCUT2D eigenvalue weighted by molar-refractivity contribution is 5.83. The number of hydrogen-bond acceptors (Lipinski definition) is 3. The van der Waals surface area contributed by atoms with Crippen molar-refractivity contribution in [2.75, 3.05) is 0 Å². The van der Waals surface area contributed by atoms with Gasteiger partial charge in [-0.25, -0.2) is 0 Å². The lowest BCUT2D eigenvalue weighted by molar-refractivity contribution is -0.137. The molecule has 0 bridgehead atoms. The van der Waals surface area contributed by atoms with Crippen LogP contribution in [0.3, 0.4) is 0 Å². The fourth-order valence-corrected chi connectivity index (χ4v) is 3.42. The minimum Gasteiger partial charge on any atom is -0.481 e. The lowest BCUT2D eigenvalue weighted by Gasteiger charge is -2.20. The van der Waals surface area contributed by atoms with Crippen LogP contribution < -0.4 is 0 Å². The quantitative estimate of drug-likeness (QED) is 0.396. The Morgan fingerprint density at radius 2 is 1.96 bits per heavy atom. The highest BCUT2D eigenvalue weighted by Gasteiger charge is 2.32. The fraction of sp³-hybridized carbons (Fsp3) is 0.714. The minimum atomic E-state index is -0.862. The molecule has 1 fully saturated rings. The van der Waals surface area contributed by atoms with Gasteiger partial charge >= 0.3 is 5.97 Å². The van der Waals surface area contributed by atoms with E-state index < -0.39 is 11.6 Å². The SMILES string of the molecule is CC/C=C\CC(C)(O)/C=C/[C@H]1CCC(=O)[C@@H]1CCCCCCC(=O)O. The van der Waals surface area contributed by atoms with E-state index in [2.05, 4.69) is 13.0 Å². The lowest BCUT2D eigenvalue weighted by Crippen LogP contribution is -2.21. The zero-order valence-corrected chi connectivity index (χ0v) is 15.7. The Kier molecular flexibility index (Phi) is 9.73. The first-order valence-corrected chi connectivity index (χ1v) is 9.67. The molecule has 4 nitrogen and oxygen atoms in total. The highest BCUT2D eigenvalue weighted by atomic mass is 16.4. The van der Waals surface area contributed by atoms with Crippen LogP contribution in [0.25, 0.3) is 0 Å². The molecule has 1 aliphatic rings. The van der Waals surface area contributed by atoms with Crippen molar-refractivity contribution >= 4 is 11.8 Å². The van der Waals surface area contributed by atoms with Gasteiger partial charge in [-0.3, -0.25) is 9.59 Å². The lowest BCUT2D eigenvalue weighted by atomic mass is 9.88. The number of rotatable bonds is 12. The molecule has 1 aliphatic carbocycles. The molecule has 1 saturated carbocycles. The van der Waals surface area contributed by atoms with Gasteiger partial charge < -0.3 is 10.2 Å². The second kappa shape index (κ2) is 11.2. The van der Waals surface area contributed by atoms with Gasteiger partial charge in [0.1, 0.15) is 5.78 Å². The number of carbonyl (C=O) groups excluding carboxylic acids is 1. The number of Topliss-reactive ketones (excluding diaryl/α,β-unsaturated/α-hetero) is 1. The van der Waals surface area contributed by atoms with Gasteiger partial charge in [0, 0.05) is 18.8 Å². The molecule has 0 aromatic heterocycles. The Bertz CT molecular complexity index is 476. The van der Waals surface area contributed by atoms with Crippen molar-refractivity contribution in [3.8, 4) is 0 Å². The molecule has 0 heterocycles. The third kappa shape index (κ3) is 9.01.